The Labute approximate surface area is 144 Å². The number of nitrogens with two attached hydrogens (primary N) is 1. The van der Waals surface area contributed by atoms with E-state index in [1.807, 2.05) is 13.8 Å². The summed E-state index contributed by atoms with van der Waals surface area (Å²) >= 11 is 0. The molecule has 1 fully saturated rings. The lowest BCUT2D eigenvalue weighted by Gasteiger charge is -2.17. The summed E-state index contributed by atoms with van der Waals surface area (Å²) in [6, 6.07) is 5.37. The number of hydrogen-bond donors (Lipinski definition) is 1. The van der Waals surface area contributed by atoms with Crippen molar-refractivity contribution in [2.45, 2.75) is 32.2 Å². The lowest BCUT2D eigenvalue weighted by Crippen LogP contribution is -2.32. The van der Waals surface area contributed by atoms with Crippen LogP contribution in [-0.4, -0.2) is 40.1 Å². The fourth-order valence-electron chi connectivity index (χ4n) is 3.23. The first-order chi connectivity index (χ1) is 12.0. The molecular formula is C18H20N4O3. The minimum atomic E-state index is -0.0711. The van der Waals surface area contributed by atoms with Crippen LogP contribution >= 0.6 is 0 Å². The van der Waals surface area contributed by atoms with Gasteiger partial charge in [-0.3, -0.25) is 4.79 Å². The van der Waals surface area contributed by atoms with Crippen molar-refractivity contribution in [2.24, 2.45) is 5.73 Å². The van der Waals surface area contributed by atoms with Crippen LogP contribution in [0, 0.1) is 0 Å². The molecule has 3 aromatic heterocycles. The van der Waals surface area contributed by atoms with Gasteiger partial charge >= 0.3 is 0 Å². The quantitative estimate of drug-likeness (QED) is 0.787. The van der Waals surface area contributed by atoms with E-state index in [1.54, 1.807) is 29.4 Å². The van der Waals surface area contributed by atoms with Gasteiger partial charge in [-0.2, -0.15) is 0 Å². The smallest absolute Gasteiger partial charge is 0.259 e. The van der Waals surface area contributed by atoms with Crippen LogP contribution in [0.5, 0.6) is 0 Å². The van der Waals surface area contributed by atoms with Crippen molar-refractivity contribution in [3.8, 4) is 11.5 Å². The number of carbonyl (C=O) groups excluding carboxylic acids is 1. The maximum Gasteiger partial charge on any atom is 0.259 e. The molecule has 7 nitrogen and oxygen atoms in total. The van der Waals surface area contributed by atoms with Crippen LogP contribution in [0.2, 0.25) is 0 Å². The minimum Gasteiger partial charge on any atom is -0.463 e. The normalized spacial score (nSPS) is 17.8. The third-order valence-electron chi connectivity index (χ3n) is 4.54. The SMILES string of the molecule is CC(C)c1noc2nc(-c3ccco3)cc(C(=O)N3CCC(N)C3)c12. The van der Waals surface area contributed by atoms with Crippen LogP contribution in [0.3, 0.4) is 0 Å². The standard InChI is InChI=1S/C18H20N4O3/c1-10(2)16-15-12(18(23)22-6-5-11(19)9-22)8-13(14-4-3-7-24-14)20-17(15)25-21-16/h3-4,7-8,10-11H,5-6,9,19H2,1-2H3. The molecule has 1 aliphatic rings. The Bertz CT molecular complexity index is 914. The zero-order valence-electron chi connectivity index (χ0n) is 14.2. The molecule has 4 heterocycles. The summed E-state index contributed by atoms with van der Waals surface area (Å²) in [5.41, 5.74) is 8.14. The Kier molecular flexibility index (Phi) is 3.80. The molecule has 1 saturated heterocycles. The summed E-state index contributed by atoms with van der Waals surface area (Å²) < 4.78 is 10.9. The second-order valence-electron chi connectivity index (χ2n) is 6.73. The Hall–Kier alpha value is -2.67. The van der Waals surface area contributed by atoms with Crippen molar-refractivity contribution in [3.05, 3.63) is 35.7 Å². The first-order valence-corrected chi connectivity index (χ1v) is 8.43. The second kappa shape index (κ2) is 6.00. The van der Waals surface area contributed by atoms with Gasteiger partial charge in [0.15, 0.2) is 5.76 Å². The molecule has 0 bridgehead atoms. The van der Waals surface area contributed by atoms with Crippen molar-refractivity contribution < 1.29 is 13.7 Å². The average molecular weight is 340 g/mol. The number of amides is 1. The van der Waals surface area contributed by atoms with Crippen molar-refractivity contribution in [1.82, 2.24) is 15.0 Å². The van der Waals surface area contributed by atoms with Crippen LogP contribution in [0.25, 0.3) is 22.6 Å². The summed E-state index contributed by atoms with van der Waals surface area (Å²) in [5, 5.41) is 4.81. The molecule has 2 N–H and O–H groups in total. The number of furan rings is 1. The van der Waals surface area contributed by atoms with Crippen LogP contribution in [0.4, 0.5) is 0 Å². The monoisotopic (exact) mass is 340 g/mol. The summed E-state index contributed by atoms with van der Waals surface area (Å²) in [7, 11) is 0. The maximum atomic E-state index is 13.1. The zero-order valence-corrected chi connectivity index (χ0v) is 14.2. The topological polar surface area (TPSA) is 98.4 Å². The van der Waals surface area contributed by atoms with Gasteiger partial charge < -0.3 is 19.6 Å². The molecule has 4 rings (SSSR count). The van der Waals surface area contributed by atoms with Crippen molar-refractivity contribution in [2.75, 3.05) is 13.1 Å². The third-order valence-corrected chi connectivity index (χ3v) is 4.54. The number of hydrogen-bond acceptors (Lipinski definition) is 6. The van der Waals surface area contributed by atoms with E-state index < -0.39 is 0 Å². The number of nitrogens with zero attached hydrogens (tertiary/aromatic N) is 3. The summed E-state index contributed by atoms with van der Waals surface area (Å²) in [5.74, 6) is 0.625. The van der Waals surface area contributed by atoms with Gasteiger partial charge in [-0.15, -0.1) is 0 Å². The Morgan fingerprint density at radius 2 is 2.28 bits per heavy atom. The number of carbonyl (C=O) groups is 1. The van der Waals surface area contributed by atoms with Crippen molar-refractivity contribution >= 4 is 17.0 Å². The largest absolute Gasteiger partial charge is 0.463 e. The van der Waals surface area contributed by atoms with Crippen molar-refractivity contribution in [1.29, 1.82) is 0 Å². The van der Waals surface area contributed by atoms with E-state index in [2.05, 4.69) is 10.1 Å². The van der Waals surface area contributed by atoms with E-state index >= 15 is 0 Å². The fourth-order valence-corrected chi connectivity index (χ4v) is 3.23. The Morgan fingerprint density at radius 3 is 2.92 bits per heavy atom. The van der Waals surface area contributed by atoms with Gasteiger partial charge in [-0.25, -0.2) is 4.98 Å². The van der Waals surface area contributed by atoms with E-state index in [9.17, 15) is 4.79 Å². The zero-order chi connectivity index (χ0) is 17.6. The van der Waals surface area contributed by atoms with E-state index in [-0.39, 0.29) is 17.9 Å². The predicted octanol–water partition coefficient (Wildman–Crippen LogP) is 2.78. The summed E-state index contributed by atoms with van der Waals surface area (Å²) in [6.45, 7) is 5.23. The lowest BCUT2D eigenvalue weighted by molar-refractivity contribution is 0.0792. The number of aromatic nitrogens is 2. The number of pyridine rings is 1. The number of fused-ring (bicyclic) bond motifs is 1. The fraction of sp³-hybridized carbons (Fsp3) is 0.389. The molecule has 0 aliphatic carbocycles. The molecule has 3 aromatic rings. The second-order valence-corrected chi connectivity index (χ2v) is 6.73. The molecule has 1 unspecified atom stereocenters. The maximum absolute atomic E-state index is 13.1. The van der Waals surface area contributed by atoms with E-state index in [4.69, 9.17) is 14.7 Å². The van der Waals surface area contributed by atoms with Crippen LogP contribution < -0.4 is 5.73 Å². The first-order valence-electron chi connectivity index (χ1n) is 8.43. The van der Waals surface area contributed by atoms with Crippen molar-refractivity contribution in [3.63, 3.8) is 0 Å². The van der Waals surface area contributed by atoms with Gasteiger partial charge in [0.25, 0.3) is 11.6 Å². The number of likely N-dealkylation sites (tertiary alicyclic amines) is 1. The minimum absolute atomic E-state index is 0.0258. The highest BCUT2D eigenvalue weighted by atomic mass is 16.5. The molecule has 0 spiro atoms. The summed E-state index contributed by atoms with van der Waals surface area (Å²) in [6.07, 6.45) is 2.38. The average Bonchev–Trinajstić information content (AvgIpc) is 3.32. The first kappa shape index (κ1) is 15.8. The molecule has 0 aromatic carbocycles. The molecular weight excluding hydrogens is 320 g/mol. The van der Waals surface area contributed by atoms with Gasteiger partial charge in [0.2, 0.25) is 0 Å². The van der Waals surface area contributed by atoms with Crippen LogP contribution in [0.1, 0.15) is 42.2 Å². The van der Waals surface area contributed by atoms with Crippen LogP contribution in [0.15, 0.2) is 33.4 Å². The predicted molar refractivity (Wildman–Crippen MR) is 92.1 cm³/mol. The molecule has 1 atom stereocenters. The Morgan fingerprint density at radius 1 is 1.44 bits per heavy atom. The molecule has 7 heteroatoms. The van der Waals surface area contributed by atoms with Crippen LogP contribution in [-0.2, 0) is 0 Å². The lowest BCUT2D eigenvalue weighted by atomic mass is 10.0. The van der Waals surface area contributed by atoms with Gasteiger partial charge in [-0.05, 0) is 30.5 Å². The highest BCUT2D eigenvalue weighted by Gasteiger charge is 2.29. The van der Waals surface area contributed by atoms with Gasteiger partial charge in [-0.1, -0.05) is 19.0 Å². The molecule has 130 valence electrons. The molecule has 1 amide bonds. The highest BCUT2D eigenvalue weighted by Crippen LogP contribution is 2.32. The van der Waals surface area contributed by atoms with E-state index in [0.717, 1.165) is 12.1 Å². The number of rotatable bonds is 3. The van der Waals surface area contributed by atoms with E-state index in [1.165, 1.54) is 0 Å². The molecule has 1 aliphatic heterocycles. The summed E-state index contributed by atoms with van der Waals surface area (Å²) in [4.78, 5) is 19.4. The molecule has 25 heavy (non-hydrogen) atoms. The third kappa shape index (κ3) is 2.70. The highest BCUT2D eigenvalue weighted by molar-refractivity contribution is 6.07. The van der Waals surface area contributed by atoms with Gasteiger partial charge in [0.1, 0.15) is 5.69 Å². The van der Waals surface area contributed by atoms with Gasteiger partial charge in [0, 0.05) is 19.1 Å². The molecule has 0 saturated carbocycles. The van der Waals surface area contributed by atoms with Gasteiger partial charge in [0.05, 0.1) is 22.9 Å². The Balaban J connectivity index is 1.89. The van der Waals surface area contributed by atoms with E-state index in [0.29, 0.717) is 41.2 Å². The molecule has 0 radical (unpaired) electrons.